The maximum atomic E-state index is 12.0. The normalized spacial score (nSPS) is 10.4. The van der Waals surface area contributed by atoms with Crippen LogP contribution < -0.4 is 10.6 Å². The molecule has 3 rings (SSSR count). The molecule has 1 heterocycles. The van der Waals surface area contributed by atoms with Gasteiger partial charge in [-0.1, -0.05) is 53.6 Å². The van der Waals surface area contributed by atoms with Gasteiger partial charge in [0.2, 0.25) is 0 Å². The third kappa shape index (κ3) is 4.34. The van der Waals surface area contributed by atoms with Gasteiger partial charge in [0.05, 0.1) is 5.69 Å². The first-order valence-electron chi connectivity index (χ1n) is 7.42. The standard InChI is InChI=1S/C18H16ClN3OS/c1-12-2-6-14(7-3-12)16-11-24-18(21-16)22-17(23)20-10-13-4-8-15(19)9-5-13/h2-9,11H,10H2,1H3,(H2,20,21,22,23). The Kier molecular flexibility index (Phi) is 5.13. The lowest BCUT2D eigenvalue weighted by Crippen LogP contribution is -2.28. The molecule has 0 aliphatic rings. The van der Waals surface area contributed by atoms with Gasteiger partial charge in [0, 0.05) is 22.5 Å². The zero-order valence-electron chi connectivity index (χ0n) is 13.0. The summed E-state index contributed by atoms with van der Waals surface area (Å²) in [6.07, 6.45) is 0. The van der Waals surface area contributed by atoms with Gasteiger partial charge in [-0.3, -0.25) is 5.32 Å². The van der Waals surface area contributed by atoms with Crippen LogP contribution in [0.15, 0.2) is 53.9 Å². The summed E-state index contributed by atoms with van der Waals surface area (Å²) in [7, 11) is 0. The van der Waals surface area contributed by atoms with E-state index in [0.29, 0.717) is 16.7 Å². The molecule has 2 amide bonds. The Morgan fingerprint density at radius 1 is 1.12 bits per heavy atom. The van der Waals surface area contributed by atoms with Gasteiger partial charge in [-0.15, -0.1) is 11.3 Å². The molecule has 0 atom stereocenters. The lowest BCUT2D eigenvalue weighted by molar-refractivity contribution is 0.251. The average Bonchev–Trinajstić information content (AvgIpc) is 3.03. The minimum Gasteiger partial charge on any atom is -0.334 e. The van der Waals surface area contributed by atoms with Crippen molar-refractivity contribution in [2.75, 3.05) is 5.32 Å². The molecule has 0 radical (unpaired) electrons. The minimum atomic E-state index is -0.283. The van der Waals surface area contributed by atoms with E-state index in [0.717, 1.165) is 16.8 Å². The van der Waals surface area contributed by atoms with Crippen LogP contribution in [-0.2, 0) is 6.54 Å². The topological polar surface area (TPSA) is 54.0 Å². The zero-order valence-corrected chi connectivity index (χ0v) is 14.6. The second-order valence-corrected chi connectivity index (χ2v) is 6.63. The number of benzene rings is 2. The predicted octanol–water partition coefficient (Wildman–Crippen LogP) is 5.09. The zero-order chi connectivity index (χ0) is 16.9. The van der Waals surface area contributed by atoms with E-state index in [9.17, 15) is 4.79 Å². The van der Waals surface area contributed by atoms with Crippen LogP contribution in [0.1, 0.15) is 11.1 Å². The van der Waals surface area contributed by atoms with Crippen molar-refractivity contribution in [3.8, 4) is 11.3 Å². The molecule has 4 nitrogen and oxygen atoms in total. The lowest BCUT2D eigenvalue weighted by Gasteiger charge is -2.05. The molecule has 2 aromatic carbocycles. The third-order valence-corrected chi connectivity index (χ3v) is 4.45. The number of halogens is 1. The second kappa shape index (κ2) is 7.47. The van der Waals surface area contributed by atoms with Crippen molar-refractivity contribution in [3.63, 3.8) is 0 Å². The van der Waals surface area contributed by atoms with E-state index in [-0.39, 0.29) is 6.03 Å². The number of thiazole rings is 1. The fourth-order valence-corrected chi connectivity index (χ4v) is 2.95. The average molecular weight is 358 g/mol. The Bertz CT molecular complexity index is 828. The Labute approximate surface area is 149 Å². The van der Waals surface area contributed by atoms with Gasteiger partial charge in [-0.05, 0) is 24.6 Å². The minimum absolute atomic E-state index is 0.283. The largest absolute Gasteiger partial charge is 0.334 e. The number of amides is 2. The monoisotopic (exact) mass is 357 g/mol. The number of hydrogen-bond donors (Lipinski definition) is 2. The number of carbonyl (C=O) groups is 1. The number of urea groups is 1. The van der Waals surface area contributed by atoms with E-state index < -0.39 is 0 Å². The smallest absolute Gasteiger partial charge is 0.321 e. The first kappa shape index (κ1) is 16.5. The number of aryl methyl sites for hydroxylation is 1. The highest BCUT2D eigenvalue weighted by Crippen LogP contribution is 2.25. The van der Waals surface area contributed by atoms with Crippen LogP contribution in [0, 0.1) is 6.92 Å². The predicted molar refractivity (Wildman–Crippen MR) is 99.6 cm³/mol. The first-order chi connectivity index (χ1) is 11.6. The van der Waals surface area contributed by atoms with Gasteiger partial charge in [-0.25, -0.2) is 9.78 Å². The van der Waals surface area contributed by atoms with E-state index in [2.05, 4.69) is 15.6 Å². The molecule has 0 fully saturated rings. The van der Waals surface area contributed by atoms with Crippen LogP contribution in [0.5, 0.6) is 0 Å². The molecule has 24 heavy (non-hydrogen) atoms. The van der Waals surface area contributed by atoms with E-state index in [1.807, 2.05) is 48.7 Å². The Balaban J connectivity index is 1.57. The number of carbonyl (C=O) groups excluding carboxylic acids is 1. The molecular weight excluding hydrogens is 342 g/mol. The number of nitrogens with one attached hydrogen (secondary N) is 2. The molecule has 2 N–H and O–H groups in total. The van der Waals surface area contributed by atoms with Crippen molar-refractivity contribution in [1.29, 1.82) is 0 Å². The van der Waals surface area contributed by atoms with Crippen LogP contribution >= 0.6 is 22.9 Å². The highest BCUT2D eigenvalue weighted by molar-refractivity contribution is 7.14. The fourth-order valence-electron chi connectivity index (χ4n) is 2.11. The van der Waals surface area contributed by atoms with Gasteiger partial charge in [-0.2, -0.15) is 0 Å². The molecule has 122 valence electrons. The number of aromatic nitrogens is 1. The van der Waals surface area contributed by atoms with Crippen molar-refractivity contribution in [1.82, 2.24) is 10.3 Å². The van der Waals surface area contributed by atoms with E-state index in [1.165, 1.54) is 16.9 Å². The molecule has 3 aromatic rings. The highest BCUT2D eigenvalue weighted by atomic mass is 35.5. The molecule has 0 aliphatic carbocycles. The maximum Gasteiger partial charge on any atom is 0.321 e. The van der Waals surface area contributed by atoms with Gasteiger partial charge < -0.3 is 5.32 Å². The Morgan fingerprint density at radius 2 is 1.83 bits per heavy atom. The summed E-state index contributed by atoms with van der Waals surface area (Å²) in [5.41, 5.74) is 4.07. The summed E-state index contributed by atoms with van der Waals surface area (Å²) < 4.78 is 0. The summed E-state index contributed by atoms with van der Waals surface area (Å²) in [5, 5.41) is 8.73. The molecule has 0 unspecified atom stereocenters. The molecule has 0 bridgehead atoms. The Morgan fingerprint density at radius 3 is 2.54 bits per heavy atom. The summed E-state index contributed by atoms with van der Waals surface area (Å²) in [6, 6.07) is 15.2. The van der Waals surface area contributed by atoms with Crippen molar-refractivity contribution < 1.29 is 4.79 Å². The SMILES string of the molecule is Cc1ccc(-c2csc(NC(=O)NCc3ccc(Cl)cc3)n2)cc1. The van der Waals surface area contributed by atoms with Crippen LogP contribution in [-0.4, -0.2) is 11.0 Å². The van der Waals surface area contributed by atoms with Crippen molar-refractivity contribution in [2.45, 2.75) is 13.5 Å². The third-order valence-electron chi connectivity index (χ3n) is 3.44. The van der Waals surface area contributed by atoms with E-state index in [1.54, 1.807) is 12.1 Å². The summed E-state index contributed by atoms with van der Waals surface area (Å²) in [4.78, 5) is 16.4. The quantitative estimate of drug-likeness (QED) is 0.683. The molecular formula is C18H16ClN3OS. The Hall–Kier alpha value is -2.37. The number of anilines is 1. The van der Waals surface area contributed by atoms with Crippen molar-refractivity contribution >= 4 is 34.1 Å². The van der Waals surface area contributed by atoms with E-state index >= 15 is 0 Å². The summed E-state index contributed by atoms with van der Waals surface area (Å²) >= 11 is 7.24. The molecule has 0 spiro atoms. The molecule has 0 aliphatic heterocycles. The first-order valence-corrected chi connectivity index (χ1v) is 8.68. The van der Waals surface area contributed by atoms with Crippen LogP contribution in [0.3, 0.4) is 0 Å². The highest BCUT2D eigenvalue weighted by Gasteiger charge is 2.07. The fraction of sp³-hybridized carbons (Fsp3) is 0.111. The molecule has 0 saturated carbocycles. The molecule has 6 heteroatoms. The number of rotatable bonds is 4. The lowest BCUT2D eigenvalue weighted by atomic mass is 10.1. The van der Waals surface area contributed by atoms with Crippen LogP contribution in [0.2, 0.25) is 5.02 Å². The maximum absolute atomic E-state index is 12.0. The van der Waals surface area contributed by atoms with Crippen LogP contribution in [0.25, 0.3) is 11.3 Å². The van der Waals surface area contributed by atoms with Crippen LogP contribution in [0.4, 0.5) is 9.93 Å². The number of hydrogen-bond acceptors (Lipinski definition) is 3. The van der Waals surface area contributed by atoms with Gasteiger partial charge >= 0.3 is 6.03 Å². The molecule has 1 aromatic heterocycles. The van der Waals surface area contributed by atoms with Gasteiger partial charge in [0.25, 0.3) is 0 Å². The van der Waals surface area contributed by atoms with Gasteiger partial charge in [0.15, 0.2) is 5.13 Å². The second-order valence-electron chi connectivity index (χ2n) is 5.34. The van der Waals surface area contributed by atoms with E-state index in [4.69, 9.17) is 11.6 Å². The summed E-state index contributed by atoms with van der Waals surface area (Å²) in [5.74, 6) is 0. The van der Waals surface area contributed by atoms with Crippen molar-refractivity contribution in [3.05, 3.63) is 70.1 Å². The summed E-state index contributed by atoms with van der Waals surface area (Å²) in [6.45, 7) is 2.47. The van der Waals surface area contributed by atoms with Gasteiger partial charge in [0.1, 0.15) is 0 Å². The molecule has 0 saturated heterocycles. The van der Waals surface area contributed by atoms with Crippen molar-refractivity contribution in [2.24, 2.45) is 0 Å². The number of nitrogens with zero attached hydrogens (tertiary/aromatic N) is 1.